The molecule has 0 aliphatic rings. The number of amides is 1. The van der Waals surface area contributed by atoms with E-state index in [0.717, 1.165) is 12.0 Å². The largest absolute Gasteiger partial charge is 0.354 e. The summed E-state index contributed by atoms with van der Waals surface area (Å²) in [5.41, 5.74) is 3.18. The van der Waals surface area contributed by atoms with Crippen LogP contribution in [0.4, 0.5) is 11.6 Å². The highest BCUT2D eigenvalue weighted by Crippen LogP contribution is 2.13. The summed E-state index contributed by atoms with van der Waals surface area (Å²) in [6.45, 7) is 2.42. The molecular formula is C21H18ClN5O. The van der Waals surface area contributed by atoms with E-state index in [1.165, 1.54) is 0 Å². The molecule has 0 atom stereocenters. The number of nitrogens with zero attached hydrogens (tertiary/aromatic N) is 3. The molecule has 1 heterocycles. The topological polar surface area (TPSA) is 90.7 Å². The van der Waals surface area contributed by atoms with E-state index in [1.54, 1.807) is 30.3 Å². The third-order valence-electron chi connectivity index (χ3n) is 3.94. The third-order valence-corrected chi connectivity index (χ3v) is 4.18. The van der Waals surface area contributed by atoms with Crippen molar-refractivity contribution in [3.05, 3.63) is 82.1 Å². The summed E-state index contributed by atoms with van der Waals surface area (Å²) in [4.78, 5) is 21.1. The van der Waals surface area contributed by atoms with Gasteiger partial charge in [-0.15, -0.1) is 0 Å². The maximum Gasteiger partial charge on any atom is 0.274 e. The second-order valence-electron chi connectivity index (χ2n) is 6.17. The lowest BCUT2D eigenvalue weighted by Crippen LogP contribution is -2.17. The van der Waals surface area contributed by atoms with Gasteiger partial charge < -0.3 is 10.6 Å². The Bertz CT molecular complexity index is 1030. The van der Waals surface area contributed by atoms with Crippen molar-refractivity contribution in [3.63, 3.8) is 0 Å². The second-order valence-corrected chi connectivity index (χ2v) is 6.60. The Morgan fingerprint density at radius 3 is 2.64 bits per heavy atom. The predicted molar refractivity (Wildman–Crippen MR) is 110 cm³/mol. The van der Waals surface area contributed by atoms with Crippen LogP contribution in [0.3, 0.4) is 0 Å². The molecule has 3 aromatic rings. The molecule has 0 unspecified atom stereocenters. The Balaban J connectivity index is 1.64. The van der Waals surface area contributed by atoms with Crippen molar-refractivity contribution in [2.45, 2.75) is 13.3 Å². The lowest BCUT2D eigenvalue weighted by atomic mass is 10.1. The van der Waals surface area contributed by atoms with Gasteiger partial charge in [0.15, 0.2) is 0 Å². The Hall–Kier alpha value is -3.43. The third kappa shape index (κ3) is 5.29. The fraction of sp³-hybridized carbons (Fsp3) is 0.143. The van der Waals surface area contributed by atoms with Crippen molar-refractivity contribution in [1.82, 2.24) is 9.97 Å². The first-order valence-electron chi connectivity index (χ1n) is 8.69. The summed E-state index contributed by atoms with van der Waals surface area (Å²) in [5, 5.41) is 15.5. The molecule has 0 bridgehead atoms. The fourth-order valence-corrected chi connectivity index (χ4v) is 2.81. The van der Waals surface area contributed by atoms with Gasteiger partial charge in [0, 0.05) is 22.9 Å². The number of halogens is 1. The molecule has 1 aromatic heterocycles. The molecule has 28 heavy (non-hydrogen) atoms. The highest BCUT2D eigenvalue weighted by molar-refractivity contribution is 6.30. The number of carbonyl (C=O) groups is 1. The normalized spacial score (nSPS) is 10.2. The van der Waals surface area contributed by atoms with Crippen molar-refractivity contribution in [1.29, 1.82) is 5.26 Å². The number of hydrogen-bond donors (Lipinski definition) is 2. The minimum Gasteiger partial charge on any atom is -0.354 e. The predicted octanol–water partition coefficient (Wildman–Crippen LogP) is 4.22. The van der Waals surface area contributed by atoms with Crippen LogP contribution < -0.4 is 10.6 Å². The fourth-order valence-electron chi connectivity index (χ4n) is 2.60. The quantitative estimate of drug-likeness (QED) is 0.656. The van der Waals surface area contributed by atoms with Crippen LogP contribution in [0.5, 0.6) is 0 Å². The number of rotatable bonds is 6. The van der Waals surface area contributed by atoms with Gasteiger partial charge in [-0.05, 0) is 61.4 Å². The molecule has 0 aliphatic carbocycles. The van der Waals surface area contributed by atoms with E-state index in [9.17, 15) is 4.79 Å². The maximum absolute atomic E-state index is 12.5. The van der Waals surface area contributed by atoms with Gasteiger partial charge in [-0.25, -0.2) is 9.97 Å². The standard InChI is InChI=1S/C21H18ClN5O/c1-14-11-19(20(28)26-18-7-5-16(13-23)6-8-18)27-21(25-14)24-10-9-15-3-2-4-17(22)12-15/h2-8,11-12H,9-10H2,1H3,(H,26,28)(H,24,25,27). The van der Waals surface area contributed by atoms with E-state index in [-0.39, 0.29) is 11.6 Å². The molecule has 2 N–H and O–H groups in total. The summed E-state index contributed by atoms with van der Waals surface area (Å²) in [6, 6.07) is 18.0. The number of benzene rings is 2. The van der Waals surface area contributed by atoms with Gasteiger partial charge in [-0.1, -0.05) is 23.7 Å². The molecule has 0 aliphatic heterocycles. The zero-order chi connectivity index (χ0) is 19.9. The number of anilines is 2. The summed E-state index contributed by atoms with van der Waals surface area (Å²) in [5.74, 6) is 0.0557. The summed E-state index contributed by atoms with van der Waals surface area (Å²) in [7, 11) is 0. The number of nitrogens with one attached hydrogen (secondary N) is 2. The Morgan fingerprint density at radius 1 is 1.14 bits per heavy atom. The van der Waals surface area contributed by atoms with Crippen LogP contribution in [-0.4, -0.2) is 22.4 Å². The van der Waals surface area contributed by atoms with E-state index in [2.05, 4.69) is 20.6 Å². The van der Waals surface area contributed by atoms with Crippen molar-refractivity contribution in [2.24, 2.45) is 0 Å². The monoisotopic (exact) mass is 391 g/mol. The van der Waals surface area contributed by atoms with Crippen LogP contribution in [0.2, 0.25) is 5.02 Å². The van der Waals surface area contributed by atoms with Crippen LogP contribution in [0, 0.1) is 18.3 Å². The van der Waals surface area contributed by atoms with Gasteiger partial charge in [0.05, 0.1) is 11.6 Å². The van der Waals surface area contributed by atoms with E-state index in [0.29, 0.717) is 34.5 Å². The van der Waals surface area contributed by atoms with Crippen molar-refractivity contribution >= 4 is 29.1 Å². The number of hydrogen-bond acceptors (Lipinski definition) is 5. The lowest BCUT2D eigenvalue weighted by Gasteiger charge is -2.09. The van der Waals surface area contributed by atoms with Crippen LogP contribution >= 0.6 is 11.6 Å². The Morgan fingerprint density at radius 2 is 1.93 bits per heavy atom. The molecule has 3 rings (SSSR count). The first kappa shape index (κ1) is 19.3. The zero-order valence-electron chi connectivity index (χ0n) is 15.2. The molecule has 2 aromatic carbocycles. The van der Waals surface area contributed by atoms with E-state index < -0.39 is 0 Å². The van der Waals surface area contributed by atoms with Crippen molar-refractivity contribution in [2.75, 3.05) is 17.2 Å². The Kier molecular flexibility index (Phi) is 6.20. The van der Waals surface area contributed by atoms with Gasteiger partial charge in [0.1, 0.15) is 5.69 Å². The van der Waals surface area contributed by atoms with Crippen molar-refractivity contribution < 1.29 is 4.79 Å². The molecule has 0 saturated heterocycles. The molecule has 0 fully saturated rings. The zero-order valence-corrected chi connectivity index (χ0v) is 16.0. The molecule has 7 heteroatoms. The Labute approximate surface area is 168 Å². The van der Waals surface area contributed by atoms with Crippen LogP contribution in [0.25, 0.3) is 0 Å². The molecule has 0 spiro atoms. The van der Waals surface area contributed by atoms with E-state index in [4.69, 9.17) is 16.9 Å². The average Bonchev–Trinajstić information content (AvgIpc) is 2.68. The smallest absolute Gasteiger partial charge is 0.274 e. The minimum absolute atomic E-state index is 0.266. The minimum atomic E-state index is -0.340. The number of nitriles is 1. The van der Waals surface area contributed by atoms with Crippen LogP contribution in [0.1, 0.15) is 27.3 Å². The molecule has 0 radical (unpaired) electrons. The van der Waals surface area contributed by atoms with E-state index in [1.807, 2.05) is 37.3 Å². The lowest BCUT2D eigenvalue weighted by molar-refractivity contribution is 0.102. The molecule has 1 amide bonds. The summed E-state index contributed by atoms with van der Waals surface area (Å²) < 4.78 is 0. The molecule has 6 nitrogen and oxygen atoms in total. The maximum atomic E-state index is 12.5. The van der Waals surface area contributed by atoms with Gasteiger partial charge in [-0.3, -0.25) is 4.79 Å². The number of aryl methyl sites for hydroxylation is 1. The molecular weight excluding hydrogens is 374 g/mol. The molecule has 0 saturated carbocycles. The van der Waals surface area contributed by atoms with Gasteiger partial charge >= 0.3 is 0 Å². The molecule has 140 valence electrons. The number of carbonyl (C=O) groups excluding carboxylic acids is 1. The summed E-state index contributed by atoms with van der Waals surface area (Å²) in [6.07, 6.45) is 0.755. The average molecular weight is 392 g/mol. The first-order valence-corrected chi connectivity index (χ1v) is 9.07. The number of aromatic nitrogens is 2. The van der Waals surface area contributed by atoms with Gasteiger partial charge in [-0.2, -0.15) is 5.26 Å². The second kappa shape index (κ2) is 8.98. The van der Waals surface area contributed by atoms with Crippen molar-refractivity contribution in [3.8, 4) is 6.07 Å². The highest BCUT2D eigenvalue weighted by Gasteiger charge is 2.11. The van der Waals surface area contributed by atoms with Gasteiger partial charge in [0.25, 0.3) is 5.91 Å². The van der Waals surface area contributed by atoms with Gasteiger partial charge in [0.2, 0.25) is 5.95 Å². The SMILES string of the molecule is Cc1cc(C(=O)Nc2ccc(C#N)cc2)nc(NCCc2cccc(Cl)c2)n1. The van der Waals surface area contributed by atoms with Crippen LogP contribution in [0.15, 0.2) is 54.6 Å². The van der Waals surface area contributed by atoms with Crippen LogP contribution in [-0.2, 0) is 6.42 Å². The first-order chi connectivity index (χ1) is 13.5. The van der Waals surface area contributed by atoms with E-state index >= 15 is 0 Å². The highest BCUT2D eigenvalue weighted by atomic mass is 35.5. The summed E-state index contributed by atoms with van der Waals surface area (Å²) >= 11 is 6.00.